The molecule has 1 aromatic carbocycles. The summed E-state index contributed by atoms with van der Waals surface area (Å²) in [6.45, 7) is 0.748. The highest BCUT2D eigenvalue weighted by atomic mass is 79.9. The van der Waals surface area contributed by atoms with Crippen LogP contribution in [0.5, 0.6) is 0 Å². The first-order chi connectivity index (χ1) is 8.29. The molecular formula is C13H12BrClN2. The van der Waals surface area contributed by atoms with Gasteiger partial charge in [0, 0.05) is 18.6 Å². The van der Waals surface area contributed by atoms with Crippen LogP contribution in [0.1, 0.15) is 11.1 Å². The van der Waals surface area contributed by atoms with Gasteiger partial charge in [-0.3, -0.25) is 0 Å². The molecule has 1 aromatic heterocycles. The second-order valence-corrected chi connectivity index (χ2v) is 4.76. The van der Waals surface area contributed by atoms with Crippen LogP contribution in [0, 0.1) is 0 Å². The number of hydrogen-bond donors (Lipinski definition) is 1. The molecule has 0 aliphatic rings. The van der Waals surface area contributed by atoms with Gasteiger partial charge in [0.15, 0.2) is 0 Å². The summed E-state index contributed by atoms with van der Waals surface area (Å²) in [6.07, 6.45) is 1.77. The smallest absolute Gasteiger partial charge is 0.140 e. The molecule has 1 heterocycles. The molecule has 0 aliphatic carbocycles. The molecule has 17 heavy (non-hydrogen) atoms. The molecule has 2 aromatic rings. The van der Waals surface area contributed by atoms with Crippen LogP contribution >= 0.6 is 27.5 Å². The van der Waals surface area contributed by atoms with Crippen LogP contribution in [0.15, 0.2) is 47.1 Å². The number of nitrogens with zero attached hydrogens (tertiary/aromatic N) is 1. The molecular weight excluding hydrogens is 300 g/mol. The first-order valence-electron chi connectivity index (χ1n) is 5.28. The van der Waals surface area contributed by atoms with Crippen LogP contribution in [0.4, 0.5) is 5.82 Å². The summed E-state index contributed by atoms with van der Waals surface area (Å²) in [4.78, 5) is 4.25. The summed E-state index contributed by atoms with van der Waals surface area (Å²) in [6, 6.07) is 12.1. The molecule has 0 radical (unpaired) electrons. The highest BCUT2D eigenvalue weighted by molar-refractivity contribution is 9.10. The average molecular weight is 312 g/mol. The number of halogens is 2. The third-order valence-electron chi connectivity index (χ3n) is 2.40. The summed E-state index contributed by atoms with van der Waals surface area (Å²) in [5.74, 6) is 1.41. The Hall–Kier alpha value is -1.06. The SMILES string of the molecule is ClCc1ccc(CNc2ncccc2Br)cc1. The summed E-state index contributed by atoms with van der Waals surface area (Å²) in [5, 5.41) is 3.28. The predicted molar refractivity (Wildman–Crippen MR) is 75.3 cm³/mol. The normalized spacial score (nSPS) is 10.2. The van der Waals surface area contributed by atoms with Crippen molar-refractivity contribution in [2.24, 2.45) is 0 Å². The van der Waals surface area contributed by atoms with E-state index in [0.29, 0.717) is 5.88 Å². The van der Waals surface area contributed by atoms with Gasteiger partial charge in [0.05, 0.1) is 4.47 Å². The Balaban J connectivity index is 2.00. The van der Waals surface area contributed by atoms with E-state index in [0.717, 1.165) is 22.4 Å². The summed E-state index contributed by atoms with van der Waals surface area (Å²) >= 11 is 9.19. The standard InChI is InChI=1S/C13H12BrClN2/c14-12-2-1-7-16-13(12)17-9-11-5-3-10(8-15)4-6-11/h1-7H,8-9H2,(H,16,17). The lowest BCUT2D eigenvalue weighted by Gasteiger charge is -2.07. The van der Waals surface area contributed by atoms with Crippen LogP contribution in [-0.2, 0) is 12.4 Å². The number of hydrogen-bond acceptors (Lipinski definition) is 2. The second kappa shape index (κ2) is 6.03. The van der Waals surface area contributed by atoms with E-state index in [9.17, 15) is 0 Å². The van der Waals surface area contributed by atoms with Crippen molar-refractivity contribution in [2.75, 3.05) is 5.32 Å². The minimum atomic E-state index is 0.555. The zero-order valence-electron chi connectivity index (χ0n) is 9.16. The van der Waals surface area contributed by atoms with E-state index in [2.05, 4.69) is 38.4 Å². The van der Waals surface area contributed by atoms with Crippen LogP contribution < -0.4 is 5.32 Å². The molecule has 0 saturated carbocycles. The van der Waals surface area contributed by atoms with E-state index >= 15 is 0 Å². The van der Waals surface area contributed by atoms with E-state index in [4.69, 9.17) is 11.6 Å². The summed E-state index contributed by atoms with van der Waals surface area (Å²) in [7, 11) is 0. The maximum atomic E-state index is 5.74. The minimum absolute atomic E-state index is 0.555. The van der Waals surface area contributed by atoms with E-state index in [-0.39, 0.29) is 0 Å². The maximum absolute atomic E-state index is 5.74. The van der Waals surface area contributed by atoms with Crippen molar-refractivity contribution in [2.45, 2.75) is 12.4 Å². The Kier molecular flexibility index (Phi) is 4.40. The molecule has 0 bridgehead atoms. The van der Waals surface area contributed by atoms with E-state index in [1.54, 1.807) is 6.20 Å². The highest BCUT2D eigenvalue weighted by Crippen LogP contribution is 2.19. The number of pyridine rings is 1. The van der Waals surface area contributed by atoms with Crippen molar-refractivity contribution < 1.29 is 0 Å². The van der Waals surface area contributed by atoms with Gasteiger partial charge in [0.2, 0.25) is 0 Å². The van der Waals surface area contributed by atoms with Crippen LogP contribution in [0.3, 0.4) is 0 Å². The Labute approximate surface area is 114 Å². The topological polar surface area (TPSA) is 24.9 Å². The van der Waals surface area contributed by atoms with Crippen LogP contribution in [0.25, 0.3) is 0 Å². The van der Waals surface area contributed by atoms with E-state index in [1.165, 1.54) is 5.56 Å². The van der Waals surface area contributed by atoms with Crippen molar-refractivity contribution in [1.82, 2.24) is 4.98 Å². The van der Waals surface area contributed by atoms with Gasteiger partial charge in [0.1, 0.15) is 5.82 Å². The summed E-state index contributed by atoms with van der Waals surface area (Å²) < 4.78 is 0.970. The Morgan fingerprint density at radius 2 is 1.82 bits per heavy atom. The quantitative estimate of drug-likeness (QED) is 0.856. The number of nitrogens with one attached hydrogen (secondary N) is 1. The minimum Gasteiger partial charge on any atom is -0.365 e. The lowest BCUT2D eigenvalue weighted by atomic mass is 10.1. The van der Waals surface area contributed by atoms with Crippen molar-refractivity contribution in [3.05, 3.63) is 58.2 Å². The highest BCUT2D eigenvalue weighted by Gasteiger charge is 1.99. The van der Waals surface area contributed by atoms with Crippen LogP contribution in [-0.4, -0.2) is 4.98 Å². The first kappa shape index (κ1) is 12.4. The van der Waals surface area contributed by atoms with Gasteiger partial charge in [-0.15, -0.1) is 11.6 Å². The molecule has 2 nitrogen and oxygen atoms in total. The maximum Gasteiger partial charge on any atom is 0.140 e. The van der Waals surface area contributed by atoms with Gasteiger partial charge in [0.25, 0.3) is 0 Å². The number of aromatic nitrogens is 1. The van der Waals surface area contributed by atoms with Gasteiger partial charge in [-0.25, -0.2) is 4.98 Å². The molecule has 0 spiro atoms. The zero-order chi connectivity index (χ0) is 12.1. The Morgan fingerprint density at radius 3 is 2.47 bits per heavy atom. The number of rotatable bonds is 4. The van der Waals surface area contributed by atoms with Crippen molar-refractivity contribution in [3.8, 4) is 0 Å². The van der Waals surface area contributed by atoms with Gasteiger partial charge in [-0.2, -0.15) is 0 Å². The van der Waals surface area contributed by atoms with Gasteiger partial charge >= 0.3 is 0 Å². The van der Waals surface area contributed by atoms with Gasteiger partial charge in [-0.05, 0) is 39.2 Å². The van der Waals surface area contributed by atoms with Crippen molar-refractivity contribution >= 4 is 33.3 Å². The Morgan fingerprint density at radius 1 is 1.12 bits per heavy atom. The fourth-order valence-electron chi connectivity index (χ4n) is 1.45. The van der Waals surface area contributed by atoms with E-state index < -0.39 is 0 Å². The molecule has 0 saturated heterocycles. The molecule has 0 fully saturated rings. The van der Waals surface area contributed by atoms with Crippen molar-refractivity contribution in [1.29, 1.82) is 0 Å². The molecule has 2 rings (SSSR count). The van der Waals surface area contributed by atoms with E-state index in [1.807, 2.05) is 24.3 Å². The lowest BCUT2D eigenvalue weighted by Crippen LogP contribution is -2.01. The van der Waals surface area contributed by atoms with Crippen molar-refractivity contribution in [3.63, 3.8) is 0 Å². The molecule has 4 heteroatoms. The second-order valence-electron chi connectivity index (χ2n) is 3.64. The zero-order valence-corrected chi connectivity index (χ0v) is 11.5. The lowest BCUT2D eigenvalue weighted by molar-refractivity contribution is 1.10. The molecule has 88 valence electrons. The monoisotopic (exact) mass is 310 g/mol. The number of alkyl halides is 1. The molecule has 0 atom stereocenters. The Bertz CT molecular complexity index is 485. The summed E-state index contributed by atoms with van der Waals surface area (Å²) in [5.41, 5.74) is 2.34. The van der Waals surface area contributed by atoms with Gasteiger partial charge in [-0.1, -0.05) is 24.3 Å². The fourth-order valence-corrected chi connectivity index (χ4v) is 2.02. The largest absolute Gasteiger partial charge is 0.365 e. The van der Waals surface area contributed by atoms with Gasteiger partial charge < -0.3 is 5.32 Å². The van der Waals surface area contributed by atoms with Crippen LogP contribution in [0.2, 0.25) is 0 Å². The average Bonchev–Trinajstić information content (AvgIpc) is 2.38. The third kappa shape index (κ3) is 3.45. The number of benzene rings is 1. The first-order valence-corrected chi connectivity index (χ1v) is 6.60. The number of anilines is 1. The fraction of sp³-hybridized carbons (Fsp3) is 0.154. The predicted octanol–water partition coefficient (Wildman–Crippen LogP) is 4.20. The molecule has 0 amide bonds. The molecule has 0 unspecified atom stereocenters. The molecule has 0 aliphatic heterocycles. The molecule has 1 N–H and O–H groups in total. The third-order valence-corrected chi connectivity index (χ3v) is 3.34.